The second kappa shape index (κ2) is 12.1. The molecule has 4 atom stereocenters. The molecular formula is C29H32N4O6S. The average molecular weight is 565 g/mol. The first kappa shape index (κ1) is 27.6. The minimum atomic E-state index is -4.05. The van der Waals surface area contributed by atoms with Crippen LogP contribution in [0.5, 0.6) is 5.75 Å². The van der Waals surface area contributed by atoms with Crippen molar-refractivity contribution in [3.05, 3.63) is 90.5 Å². The Hall–Kier alpha value is -3.93. The lowest BCUT2D eigenvalue weighted by Gasteiger charge is -2.42. The van der Waals surface area contributed by atoms with Crippen LogP contribution in [-0.2, 0) is 26.1 Å². The maximum atomic E-state index is 14.1. The van der Waals surface area contributed by atoms with Crippen LogP contribution < -0.4 is 20.9 Å². The summed E-state index contributed by atoms with van der Waals surface area (Å²) in [6, 6.07) is 22.6. The highest BCUT2D eigenvalue weighted by molar-refractivity contribution is 7.92. The molecule has 0 bridgehead atoms. The highest BCUT2D eigenvalue weighted by atomic mass is 32.2. The molecule has 0 saturated carbocycles. The maximum absolute atomic E-state index is 14.1. The lowest BCUT2D eigenvalue weighted by Crippen LogP contribution is -2.61. The van der Waals surface area contributed by atoms with Crippen molar-refractivity contribution in [1.82, 2.24) is 15.7 Å². The van der Waals surface area contributed by atoms with Crippen LogP contribution in [0.4, 0.5) is 10.5 Å². The molecular weight excluding hydrogens is 532 g/mol. The topological polar surface area (TPSA) is 126 Å². The molecule has 2 saturated heterocycles. The summed E-state index contributed by atoms with van der Waals surface area (Å²) in [5.41, 5.74) is 3.95. The largest absolute Gasteiger partial charge is 0.497 e. The number of hydrogen-bond donors (Lipinski definition) is 3. The Morgan fingerprint density at radius 3 is 2.33 bits per heavy atom. The number of nitrogens with one attached hydrogen (secondary N) is 3. The fraction of sp³-hybridized carbons (Fsp3) is 0.310. The van der Waals surface area contributed by atoms with Gasteiger partial charge in [-0.3, -0.25) is 14.9 Å². The number of anilines is 1. The molecule has 2 aliphatic heterocycles. The number of amides is 3. The molecule has 3 aromatic rings. The van der Waals surface area contributed by atoms with Gasteiger partial charge in [0.15, 0.2) is 5.37 Å². The van der Waals surface area contributed by atoms with Gasteiger partial charge in [0.25, 0.3) is 5.91 Å². The highest BCUT2D eigenvalue weighted by Crippen LogP contribution is 2.37. The second-order valence-electron chi connectivity index (χ2n) is 9.87. The van der Waals surface area contributed by atoms with E-state index in [-0.39, 0.29) is 29.9 Å². The number of hydroxylamine groups is 1. The molecule has 40 heavy (non-hydrogen) atoms. The Kier molecular flexibility index (Phi) is 8.34. The zero-order valence-corrected chi connectivity index (χ0v) is 22.8. The van der Waals surface area contributed by atoms with E-state index in [0.29, 0.717) is 24.3 Å². The summed E-state index contributed by atoms with van der Waals surface area (Å²) in [6.45, 7) is 0.425. The number of methoxy groups -OCH3 is 1. The van der Waals surface area contributed by atoms with Crippen molar-refractivity contribution in [2.75, 3.05) is 19.0 Å². The van der Waals surface area contributed by atoms with E-state index in [1.807, 2.05) is 36.4 Å². The van der Waals surface area contributed by atoms with E-state index in [1.165, 1.54) is 24.1 Å². The van der Waals surface area contributed by atoms with Gasteiger partial charge < -0.3 is 15.0 Å². The maximum Gasteiger partial charge on any atom is 0.322 e. The molecule has 0 aliphatic carbocycles. The van der Waals surface area contributed by atoms with Crippen molar-refractivity contribution in [2.45, 2.75) is 41.8 Å². The normalized spacial score (nSPS) is 22.3. The van der Waals surface area contributed by atoms with Gasteiger partial charge in [-0.15, -0.1) is 0 Å². The monoisotopic (exact) mass is 564 g/mol. The third-order valence-electron chi connectivity index (χ3n) is 7.36. The summed E-state index contributed by atoms with van der Waals surface area (Å²) in [7, 11) is -2.54. The third-order valence-corrected chi connectivity index (χ3v) is 9.47. The van der Waals surface area contributed by atoms with Gasteiger partial charge >= 0.3 is 6.03 Å². The van der Waals surface area contributed by atoms with Crippen LogP contribution >= 0.6 is 0 Å². The predicted molar refractivity (Wildman–Crippen MR) is 149 cm³/mol. The summed E-state index contributed by atoms with van der Waals surface area (Å²) in [6.07, 6.45) is 0.969. The molecule has 1 unspecified atom stereocenters. The van der Waals surface area contributed by atoms with E-state index in [1.54, 1.807) is 36.4 Å². The molecule has 210 valence electrons. The first-order valence-electron chi connectivity index (χ1n) is 13.1. The molecule has 10 nitrogen and oxygen atoms in total. The molecule has 0 radical (unpaired) electrons. The van der Waals surface area contributed by atoms with Crippen LogP contribution in [0.15, 0.2) is 89.8 Å². The summed E-state index contributed by atoms with van der Waals surface area (Å²) in [5.74, 6) is 0.000243. The number of sulfone groups is 1. The minimum Gasteiger partial charge on any atom is -0.497 e. The molecule has 3 N–H and O–H groups in total. The van der Waals surface area contributed by atoms with Gasteiger partial charge in [-0.05, 0) is 60.7 Å². The number of carbonyl (C=O) groups is 2. The van der Waals surface area contributed by atoms with Crippen LogP contribution in [0.2, 0.25) is 0 Å². The lowest BCUT2D eigenvalue weighted by atomic mass is 9.91. The van der Waals surface area contributed by atoms with Crippen molar-refractivity contribution in [3.63, 3.8) is 0 Å². The van der Waals surface area contributed by atoms with Crippen LogP contribution in [0.25, 0.3) is 0 Å². The van der Waals surface area contributed by atoms with Crippen molar-refractivity contribution >= 4 is 27.5 Å². The van der Waals surface area contributed by atoms with E-state index >= 15 is 0 Å². The van der Waals surface area contributed by atoms with Crippen molar-refractivity contribution in [3.8, 4) is 5.75 Å². The van der Waals surface area contributed by atoms with E-state index in [9.17, 15) is 18.0 Å². The molecule has 2 heterocycles. The van der Waals surface area contributed by atoms with E-state index in [2.05, 4.69) is 16.1 Å². The molecule has 2 fully saturated rings. The summed E-state index contributed by atoms with van der Waals surface area (Å²) < 4.78 is 33.3. The standard InChI is InChI=1S/C29H32N4O6S/c1-38-23-12-14-24(15-13-23)40(36,37)28-26-21(16-17-33(28)29(35)30-22-10-6-3-7-11-22)18-25(31-26)27(34)32-39-19-20-8-4-2-5-9-20/h2-15,21,25-26,28,31H,16-19H2,1H3,(H,30,35)(H,32,34)/t21-,25-,26+,28?/m0/s1. The Bertz CT molecular complexity index is 1420. The number of nitrogens with zero attached hydrogens (tertiary/aromatic N) is 1. The number of para-hydroxylation sites is 1. The van der Waals surface area contributed by atoms with Gasteiger partial charge in [0.2, 0.25) is 9.84 Å². The number of ether oxygens (including phenoxy) is 1. The molecule has 2 aliphatic rings. The van der Waals surface area contributed by atoms with Crippen molar-refractivity contribution in [2.24, 2.45) is 5.92 Å². The fourth-order valence-corrected chi connectivity index (χ4v) is 7.36. The first-order valence-corrected chi connectivity index (χ1v) is 14.6. The van der Waals surface area contributed by atoms with E-state index in [4.69, 9.17) is 9.57 Å². The van der Waals surface area contributed by atoms with E-state index in [0.717, 1.165) is 5.56 Å². The van der Waals surface area contributed by atoms with E-state index < -0.39 is 33.3 Å². The number of likely N-dealkylation sites (tertiary alicyclic amines) is 1. The van der Waals surface area contributed by atoms with Crippen LogP contribution in [0.3, 0.4) is 0 Å². The Labute approximate surface area is 233 Å². The van der Waals surface area contributed by atoms with Gasteiger partial charge in [-0.1, -0.05) is 48.5 Å². The number of piperidine rings is 1. The Morgan fingerprint density at radius 2 is 1.65 bits per heavy atom. The predicted octanol–water partition coefficient (Wildman–Crippen LogP) is 3.33. The second-order valence-corrected chi connectivity index (χ2v) is 11.9. The van der Waals surface area contributed by atoms with Gasteiger partial charge in [-0.25, -0.2) is 18.7 Å². The Morgan fingerprint density at radius 1 is 0.975 bits per heavy atom. The summed E-state index contributed by atoms with van der Waals surface area (Å²) >= 11 is 0. The number of urea groups is 1. The highest BCUT2D eigenvalue weighted by Gasteiger charge is 2.52. The average Bonchev–Trinajstić information content (AvgIpc) is 3.42. The summed E-state index contributed by atoms with van der Waals surface area (Å²) in [5, 5.41) is 4.81. The minimum absolute atomic E-state index is 0.0670. The van der Waals surface area contributed by atoms with Gasteiger partial charge in [0.05, 0.1) is 24.7 Å². The molecule has 3 aromatic carbocycles. The molecule has 0 spiro atoms. The summed E-state index contributed by atoms with van der Waals surface area (Å²) in [4.78, 5) is 33.3. The van der Waals surface area contributed by atoms with Crippen molar-refractivity contribution in [1.29, 1.82) is 0 Å². The molecule has 0 aromatic heterocycles. The smallest absolute Gasteiger partial charge is 0.322 e. The third kappa shape index (κ3) is 5.96. The number of benzene rings is 3. The van der Waals surface area contributed by atoms with Gasteiger partial charge in [0, 0.05) is 18.3 Å². The number of rotatable bonds is 8. The molecule has 3 amide bonds. The SMILES string of the molecule is COc1ccc(S(=O)(=O)C2[C@@H]3N[C@H](C(=O)NOCc4ccccc4)C[C@@H]3CCN2C(=O)Nc2ccccc2)cc1. The lowest BCUT2D eigenvalue weighted by molar-refractivity contribution is -0.136. The zero-order valence-electron chi connectivity index (χ0n) is 22.0. The van der Waals surface area contributed by atoms with Gasteiger partial charge in [-0.2, -0.15) is 0 Å². The fourth-order valence-electron chi connectivity index (χ4n) is 5.34. The number of carbonyl (C=O) groups excluding carboxylic acids is 2. The van der Waals surface area contributed by atoms with Crippen LogP contribution in [0, 0.1) is 5.92 Å². The van der Waals surface area contributed by atoms with Crippen LogP contribution in [0.1, 0.15) is 18.4 Å². The number of hydrogen-bond acceptors (Lipinski definition) is 7. The quantitative estimate of drug-likeness (QED) is 0.359. The number of fused-ring (bicyclic) bond motifs is 1. The first-order chi connectivity index (χ1) is 19.4. The molecule has 11 heteroatoms. The van der Waals surface area contributed by atoms with Gasteiger partial charge in [0.1, 0.15) is 5.75 Å². The molecule has 5 rings (SSSR count). The zero-order chi connectivity index (χ0) is 28.1. The Balaban J connectivity index is 1.36. The van der Waals surface area contributed by atoms with Crippen molar-refractivity contribution < 1.29 is 27.6 Å². The van der Waals surface area contributed by atoms with Crippen LogP contribution in [-0.4, -0.2) is 56.4 Å².